The Morgan fingerprint density at radius 3 is 2.43 bits per heavy atom. The molecule has 2 rings (SSSR count). The number of nitrogens with one attached hydrogen (secondary N) is 1. The summed E-state index contributed by atoms with van der Waals surface area (Å²) in [4.78, 5) is 23.4. The predicted molar refractivity (Wildman–Crippen MR) is 82.4 cm³/mol. The van der Waals surface area contributed by atoms with Gasteiger partial charge in [0.15, 0.2) is 5.76 Å². The lowest BCUT2D eigenvalue weighted by Gasteiger charge is -2.19. The average molecular weight is 319 g/mol. The number of carboxylic acids is 1. The molecule has 0 spiro atoms. The van der Waals surface area contributed by atoms with Crippen molar-refractivity contribution in [2.24, 2.45) is 5.92 Å². The Kier molecular flexibility index (Phi) is 5.16. The molecule has 2 unspecified atom stereocenters. The van der Waals surface area contributed by atoms with Crippen molar-refractivity contribution in [3.05, 3.63) is 48.0 Å². The SMILES string of the molecule is CCC(C)C(NC(=O)c1ccc(-c2ccc(F)cc2)o1)C(=O)O. The van der Waals surface area contributed by atoms with Crippen molar-refractivity contribution in [3.63, 3.8) is 0 Å². The van der Waals surface area contributed by atoms with E-state index in [9.17, 15) is 19.1 Å². The molecule has 2 N–H and O–H groups in total. The first-order valence-corrected chi connectivity index (χ1v) is 7.31. The summed E-state index contributed by atoms with van der Waals surface area (Å²) in [5, 5.41) is 11.7. The summed E-state index contributed by atoms with van der Waals surface area (Å²) < 4.78 is 18.4. The molecule has 1 aromatic heterocycles. The predicted octanol–water partition coefficient (Wildman–Crippen LogP) is 3.31. The van der Waals surface area contributed by atoms with E-state index in [2.05, 4.69) is 5.32 Å². The summed E-state index contributed by atoms with van der Waals surface area (Å²) in [6, 6.07) is 7.73. The first-order valence-electron chi connectivity index (χ1n) is 7.31. The fraction of sp³-hybridized carbons (Fsp3) is 0.294. The van der Waals surface area contributed by atoms with Crippen molar-refractivity contribution in [1.82, 2.24) is 5.32 Å². The van der Waals surface area contributed by atoms with E-state index in [0.717, 1.165) is 0 Å². The van der Waals surface area contributed by atoms with Gasteiger partial charge in [-0.05, 0) is 42.3 Å². The summed E-state index contributed by atoms with van der Waals surface area (Å²) in [5.74, 6) is -1.83. The van der Waals surface area contributed by atoms with Crippen molar-refractivity contribution < 1.29 is 23.5 Å². The Morgan fingerprint density at radius 1 is 1.22 bits per heavy atom. The van der Waals surface area contributed by atoms with Gasteiger partial charge in [-0.15, -0.1) is 0 Å². The molecule has 23 heavy (non-hydrogen) atoms. The van der Waals surface area contributed by atoms with Gasteiger partial charge in [0.2, 0.25) is 0 Å². The van der Waals surface area contributed by atoms with Gasteiger partial charge in [-0.3, -0.25) is 4.79 Å². The van der Waals surface area contributed by atoms with Gasteiger partial charge in [0.1, 0.15) is 17.6 Å². The molecule has 0 radical (unpaired) electrons. The van der Waals surface area contributed by atoms with Crippen molar-refractivity contribution in [2.75, 3.05) is 0 Å². The highest BCUT2D eigenvalue weighted by molar-refractivity contribution is 5.94. The van der Waals surface area contributed by atoms with Gasteiger partial charge >= 0.3 is 5.97 Å². The molecule has 1 heterocycles. The molecular weight excluding hydrogens is 301 g/mol. The van der Waals surface area contributed by atoms with E-state index < -0.39 is 17.9 Å². The lowest BCUT2D eigenvalue weighted by molar-refractivity contribution is -0.140. The van der Waals surface area contributed by atoms with E-state index in [1.54, 1.807) is 13.0 Å². The lowest BCUT2D eigenvalue weighted by Crippen LogP contribution is -2.44. The van der Waals surface area contributed by atoms with Crippen LogP contribution in [0.2, 0.25) is 0 Å². The van der Waals surface area contributed by atoms with Gasteiger partial charge in [0.05, 0.1) is 0 Å². The maximum absolute atomic E-state index is 12.9. The third-order valence-electron chi connectivity index (χ3n) is 3.72. The molecule has 0 bridgehead atoms. The number of hydrogen-bond acceptors (Lipinski definition) is 3. The average Bonchev–Trinajstić information content (AvgIpc) is 3.02. The molecule has 1 aromatic carbocycles. The zero-order valence-electron chi connectivity index (χ0n) is 12.9. The van der Waals surface area contributed by atoms with Crippen LogP contribution in [0.1, 0.15) is 30.8 Å². The normalized spacial score (nSPS) is 13.3. The second kappa shape index (κ2) is 7.09. The second-order valence-corrected chi connectivity index (χ2v) is 5.35. The maximum Gasteiger partial charge on any atom is 0.326 e. The van der Waals surface area contributed by atoms with Crippen LogP contribution in [0.4, 0.5) is 4.39 Å². The summed E-state index contributed by atoms with van der Waals surface area (Å²) in [5.41, 5.74) is 0.627. The molecule has 0 aliphatic heterocycles. The van der Waals surface area contributed by atoms with Crippen LogP contribution in [0.5, 0.6) is 0 Å². The number of carbonyl (C=O) groups is 2. The molecule has 0 saturated carbocycles. The molecular formula is C17H18FNO4. The van der Waals surface area contributed by atoms with Crippen LogP contribution in [0.25, 0.3) is 11.3 Å². The smallest absolute Gasteiger partial charge is 0.326 e. The summed E-state index contributed by atoms with van der Waals surface area (Å²) in [7, 11) is 0. The lowest BCUT2D eigenvalue weighted by atomic mass is 9.99. The fourth-order valence-corrected chi connectivity index (χ4v) is 2.12. The number of aliphatic carboxylic acids is 1. The van der Waals surface area contributed by atoms with Gasteiger partial charge < -0.3 is 14.8 Å². The molecule has 1 amide bonds. The van der Waals surface area contributed by atoms with Crippen molar-refractivity contribution in [1.29, 1.82) is 0 Å². The van der Waals surface area contributed by atoms with Crippen LogP contribution in [0.15, 0.2) is 40.8 Å². The van der Waals surface area contributed by atoms with Crippen molar-refractivity contribution in [3.8, 4) is 11.3 Å². The number of benzene rings is 1. The molecule has 5 nitrogen and oxygen atoms in total. The Hall–Kier alpha value is -2.63. The minimum Gasteiger partial charge on any atom is -0.480 e. The molecule has 0 saturated heterocycles. The van der Waals surface area contributed by atoms with E-state index in [1.165, 1.54) is 30.3 Å². The zero-order chi connectivity index (χ0) is 17.0. The molecule has 6 heteroatoms. The molecule has 2 atom stereocenters. The number of halogens is 1. The van der Waals surface area contributed by atoms with Crippen LogP contribution in [-0.4, -0.2) is 23.0 Å². The molecule has 0 fully saturated rings. The molecule has 122 valence electrons. The second-order valence-electron chi connectivity index (χ2n) is 5.35. The first-order chi connectivity index (χ1) is 10.9. The van der Waals surface area contributed by atoms with Gasteiger partial charge in [0.25, 0.3) is 5.91 Å². The van der Waals surface area contributed by atoms with Crippen LogP contribution in [0.3, 0.4) is 0 Å². The molecule has 0 aliphatic rings. The van der Waals surface area contributed by atoms with E-state index in [1.807, 2.05) is 6.92 Å². The summed E-state index contributed by atoms with van der Waals surface area (Å²) >= 11 is 0. The van der Waals surface area contributed by atoms with Gasteiger partial charge in [-0.2, -0.15) is 0 Å². The van der Waals surface area contributed by atoms with Gasteiger partial charge in [-0.1, -0.05) is 20.3 Å². The number of amides is 1. The third-order valence-corrected chi connectivity index (χ3v) is 3.72. The standard InChI is InChI=1S/C17H18FNO4/c1-3-10(2)15(17(21)22)19-16(20)14-9-8-13(23-14)11-4-6-12(18)7-5-11/h4-10,15H,3H2,1-2H3,(H,19,20)(H,21,22). The highest BCUT2D eigenvalue weighted by Gasteiger charge is 2.26. The van der Waals surface area contributed by atoms with Gasteiger partial charge in [0, 0.05) is 5.56 Å². The Labute approximate surface area is 133 Å². The van der Waals surface area contributed by atoms with Crippen LogP contribution in [0, 0.1) is 11.7 Å². The van der Waals surface area contributed by atoms with Crippen LogP contribution >= 0.6 is 0 Å². The van der Waals surface area contributed by atoms with Crippen molar-refractivity contribution in [2.45, 2.75) is 26.3 Å². The molecule has 2 aromatic rings. The van der Waals surface area contributed by atoms with Crippen LogP contribution in [-0.2, 0) is 4.79 Å². The van der Waals surface area contributed by atoms with E-state index in [-0.39, 0.29) is 17.5 Å². The number of carboxylic acid groups (broad SMARTS) is 1. The number of furan rings is 1. The highest BCUT2D eigenvalue weighted by Crippen LogP contribution is 2.22. The summed E-state index contributed by atoms with van der Waals surface area (Å²) in [6.07, 6.45) is 0.621. The number of rotatable bonds is 6. The van der Waals surface area contributed by atoms with Crippen molar-refractivity contribution >= 4 is 11.9 Å². The highest BCUT2D eigenvalue weighted by atomic mass is 19.1. The topological polar surface area (TPSA) is 79.5 Å². The zero-order valence-corrected chi connectivity index (χ0v) is 12.9. The third kappa shape index (κ3) is 3.97. The molecule has 0 aliphatic carbocycles. The quantitative estimate of drug-likeness (QED) is 0.856. The Bertz CT molecular complexity index is 693. The Balaban J connectivity index is 2.14. The largest absolute Gasteiger partial charge is 0.480 e. The maximum atomic E-state index is 12.9. The monoisotopic (exact) mass is 319 g/mol. The van der Waals surface area contributed by atoms with E-state index in [4.69, 9.17) is 4.42 Å². The van der Waals surface area contributed by atoms with Gasteiger partial charge in [-0.25, -0.2) is 9.18 Å². The first kappa shape index (κ1) is 16.7. The fourth-order valence-electron chi connectivity index (χ4n) is 2.12. The van der Waals surface area contributed by atoms with E-state index >= 15 is 0 Å². The summed E-state index contributed by atoms with van der Waals surface area (Å²) in [6.45, 7) is 3.61. The Morgan fingerprint density at radius 2 is 1.87 bits per heavy atom. The number of hydrogen-bond donors (Lipinski definition) is 2. The number of carbonyl (C=O) groups excluding carboxylic acids is 1. The minimum atomic E-state index is -1.09. The van der Waals surface area contributed by atoms with Crippen LogP contribution < -0.4 is 5.32 Å². The van der Waals surface area contributed by atoms with E-state index in [0.29, 0.717) is 17.7 Å². The minimum absolute atomic E-state index is 0.0129.